The molecule has 1 aromatic heterocycles. The Morgan fingerprint density at radius 2 is 1.63 bits per heavy atom. The summed E-state index contributed by atoms with van der Waals surface area (Å²) in [6, 6.07) is 11.7. The summed E-state index contributed by atoms with van der Waals surface area (Å²) in [6.45, 7) is 7.63. The van der Waals surface area contributed by atoms with E-state index in [0.717, 1.165) is 16.9 Å². The number of anilines is 1. The average molecular weight is 611 g/mol. The van der Waals surface area contributed by atoms with Gasteiger partial charge in [0.05, 0.1) is 7.11 Å². The molecule has 0 saturated heterocycles. The highest BCUT2D eigenvalue weighted by molar-refractivity contribution is 7.14. The second-order valence-corrected chi connectivity index (χ2v) is 11.5. The molecule has 12 nitrogen and oxygen atoms in total. The number of aromatic nitrogens is 1. The molecule has 13 heteroatoms. The fraction of sp³-hybridized carbons (Fsp3) is 0.367. The molecule has 2 aromatic carbocycles. The number of thiazole rings is 1. The number of ether oxygens (including phenoxy) is 4. The van der Waals surface area contributed by atoms with Crippen molar-refractivity contribution in [2.45, 2.75) is 51.3 Å². The van der Waals surface area contributed by atoms with Crippen LogP contribution in [0.3, 0.4) is 0 Å². The molecule has 1 aliphatic heterocycles. The largest absolute Gasteiger partial charge is 0.486 e. The number of benzene rings is 2. The monoisotopic (exact) mass is 610 g/mol. The molecule has 4 rings (SSSR count). The maximum absolute atomic E-state index is 13.9. The quantitative estimate of drug-likeness (QED) is 0.303. The molecule has 228 valence electrons. The van der Waals surface area contributed by atoms with E-state index in [9.17, 15) is 19.2 Å². The molecule has 0 aliphatic carbocycles. The molecular formula is C30H34N4O8S. The lowest BCUT2D eigenvalue weighted by molar-refractivity contribution is -0.128. The van der Waals surface area contributed by atoms with Crippen molar-refractivity contribution in [1.29, 1.82) is 0 Å². The fourth-order valence-corrected chi connectivity index (χ4v) is 4.96. The topological polar surface area (TPSA) is 154 Å². The molecule has 0 saturated carbocycles. The van der Waals surface area contributed by atoms with Gasteiger partial charge < -0.3 is 34.9 Å². The minimum atomic E-state index is -1.25. The van der Waals surface area contributed by atoms with Gasteiger partial charge in [-0.2, -0.15) is 0 Å². The lowest BCUT2D eigenvalue weighted by Crippen LogP contribution is -2.51. The molecule has 43 heavy (non-hydrogen) atoms. The fourth-order valence-electron chi connectivity index (χ4n) is 4.28. The van der Waals surface area contributed by atoms with Gasteiger partial charge in [0, 0.05) is 11.3 Å². The third-order valence-electron chi connectivity index (χ3n) is 6.36. The van der Waals surface area contributed by atoms with Crippen molar-refractivity contribution >= 4 is 40.3 Å². The number of nitrogens with zero attached hydrogens (tertiary/aromatic N) is 1. The molecule has 2 heterocycles. The SMILES string of the molecule is COC(=O)c1csc(NC(=O)C(NC(=O)[C@H](NC(=O)OC(C)(C)C)c2ccc3c(c2)OCCO3)C(C)c2ccccc2)n1. The highest BCUT2D eigenvalue weighted by atomic mass is 32.1. The van der Waals surface area contributed by atoms with Crippen molar-refractivity contribution in [3.8, 4) is 11.5 Å². The van der Waals surface area contributed by atoms with Crippen molar-refractivity contribution in [2.75, 3.05) is 25.6 Å². The number of carbonyl (C=O) groups excluding carboxylic acids is 4. The predicted molar refractivity (Wildman–Crippen MR) is 158 cm³/mol. The van der Waals surface area contributed by atoms with Gasteiger partial charge in [-0.05, 0) is 44.0 Å². The van der Waals surface area contributed by atoms with Crippen LogP contribution in [0, 0.1) is 0 Å². The van der Waals surface area contributed by atoms with E-state index in [0.29, 0.717) is 30.3 Å². The van der Waals surface area contributed by atoms with Crippen LogP contribution >= 0.6 is 11.3 Å². The van der Waals surface area contributed by atoms with Crippen LogP contribution in [-0.2, 0) is 19.1 Å². The summed E-state index contributed by atoms with van der Waals surface area (Å²) in [5.41, 5.74) is 0.397. The number of hydrogen-bond acceptors (Lipinski definition) is 10. The molecule has 0 bridgehead atoms. The van der Waals surface area contributed by atoms with Gasteiger partial charge >= 0.3 is 12.1 Å². The van der Waals surface area contributed by atoms with Crippen LogP contribution in [0.4, 0.5) is 9.93 Å². The van der Waals surface area contributed by atoms with Crippen LogP contribution in [0.25, 0.3) is 0 Å². The van der Waals surface area contributed by atoms with Gasteiger partial charge in [0.1, 0.15) is 30.9 Å². The zero-order valence-corrected chi connectivity index (χ0v) is 25.3. The van der Waals surface area contributed by atoms with Gasteiger partial charge in [0.15, 0.2) is 22.3 Å². The highest BCUT2D eigenvalue weighted by Gasteiger charge is 2.34. The van der Waals surface area contributed by atoms with E-state index in [1.165, 1.54) is 12.5 Å². The van der Waals surface area contributed by atoms with E-state index in [1.807, 2.05) is 30.3 Å². The van der Waals surface area contributed by atoms with E-state index in [-0.39, 0.29) is 10.8 Å². The van der Waals surface area contributed by atoms with Gasteiger partial charge in [-0.3, -0.25) is 9.59 Å². The second kappa shape index (κ2) is 13.6. The summed E-state index contributed by atoms with van der Waals surface area (Å²) in [7, 11) is 1.23. The maximum Gasteiger partial charge on any atom is 0.408 e. The Labute approximate surface area is 253 Å². The minimum absolute atomic E-state index is 0.0414. The van der Waals surface area contributed by atoms with E-state index in [1.54, 1.807) is 45.9 Å². The number of nitrogens with one attached hydrogen (secondary N) is 3. The van der Waals surface area contributed by atoms with Crippen LogP contribution in [0.5, 0.6) is 11.5 Å². The standard InChI is InChI=1S/C30H34N4O8S/c1-17(18-9-7-6-8-10-18)23(25(35)34-28-31-20(16-43-28)27(37)39-5)32-26(36)24(33-29(38)42-30(2,3)4)19-11-12-21-22(15-19)41-14-13-40-21/h6-12,15-17,23-24H,13-14H2,1-5H3,(H,32,36)(H,33,38)(H,31,34,35)/t17?,23?,24-/m1/s1. The van der Waals surface area contributed by atoms with Crippen molar-refractivity contribution in [1.82, 2.24) is 15.6 Å². The Morgan fingerprint density at radius 1 is 0.930 bits per heavy atom. The molecule has 3 amide bonds. The highest BCUT2D eigenvalue weighted by Crippen LogP contribution is 2.33. The lowest BCUT2D eigenvalue weighted by Gasteiger charge is -2.28. The van der Waals surface area contributed by atoms with E-state index in [2.05, 4.69) is 25.7 Å². The van der Waals surface area contributed by atoms with Crippen molar-refractivity contribution < 1.29 is 38.1 Å². The molecule has 0 radical (unpaired) electrons. The van der Waals surface area contributed by atoms with Gasteiger partial charge in [-0.1, -0.05) is 43.3 Å². The molecule has 3 N–H and O–H groups in total. The second-order valence-electron chi connectivity index (χ2n) is 10.7. The Balaban J connectivity index is 1.64. The van der Waals surface area contributed by atoms with Crippen LogP contribution in [0.1, 0.15) is 61.3 Å². The molecule has 3 atom stereocenters. The number of alkyl carbamates (subject to hydrolysis) is 1. The van der Waals surface area contributed by atoms with Crippen LogP contribution in [0.2, 0.25) is 0 Å². The number of amides is 3. The van der Waals surface area contributed by atoms with E-state index >= 15 is 0 Å². The third kappa shape index (κ3) is 8.22. The summed E-state index contributed by atoms with van der Waals surface area (Å²) >= 11 is 1.04. The van der Waals surface area contributed by atoms with Crippen LogP contribution < -0.4 is 25.4 Å². The van der Waals surface area contributed by atoms with Crippen molar-refractivity contribution in [3.05, 3.63) is 70.7 Å². The van der Waals surface area contributed by atoms with Crippen LogP contribution in [-0.4, -0.2) is 60.8 Å². The summed E-state index contributed by atoms with van der Waals surface area (Å²) in [6.07, 6.45) is -0.822. The Bertz CT molecular complexity index is 1470. The van der Waals surface area contributed by atoms with Crippen LogP contribution in [0.15, 0.2) is 53.9 Å². The number of carbonyl (C=O) groups is 4. The number of esters is 1. The molecule has 1 aliphatic rings. The number of methoxy groups -OCH3 is 1. The number of hydrogen-bond donors (Lipinski definition) is 3. The van der Waals surface area contributed by atoms with Crippen molar-refractivity contribution in [3.63, 3.8) is 0 Å². The zero-order valence-electron chi connectivity index (χ0n) is 24.5. The minimum Gasteiger partial charge on any atom is -0.486 e. The van der Waals surface area contributed by atoms with Gasteiger partial charge in [0.2, 0.25) is 11.8 Å². The predicted octanol–water partition coefficient (Wildman–Crippen LogP) is 4.19. The first-order valence-corrected chi connectivity index (χ1v) is 14.4. The van der Waals surface area contributed by atoms with Crippen molar-refractivity contribution in [2.24, 2.45) is 0 Å². The molecule has 2 unspecified atom stereocenters. The summed E-state index contributed by atoms with van der Waals surface area (Å²) in [4.78, 5) is 56.4. The maximum atomic E-state index is 13.9. The summed E-state index contributed by atoms with van der Waals surface area (Å²) in [5, 5.41) is 9.74. The van der Waals surface area contributed by atoms with Gasteiger partial charge in [-0.15, -0.1) is 11.3 Å². The molecule has 0 spiro atoms. The Kier molecular flexibility index (Phi) is 9.86. The van der Waals surface area contributed by atoms with E-state index < -0.39 is 47.5 Å². The number of rotatable bonds is 9. The lowest BCUT2D eigenvalue weighted by atomic mass is 9.92. The molecular weight excluding hydrogens is 576 g/mol. The molecule has 0 fully saturated rings. The molecule has 3 aromatic rings. The number of fused-ring (bicyclic) bond motifs is 1. The summed E-state index contributed by atoms with van der Waals surface area (Å²) in [5.74, 6) is -1.46. The normalized spacial score (nSPS) is 14.4. The zero-order chi connectivity index (χ0) is 31.1. The smallest absolute Gasteiger partial charge is 0.408 e. The third-order valence-corrected chi connectivity index (χ3v) is 7.11. The van der Waals surface area contributed by atoms with E-state index in [4.69, 9.17) is 14.2 Å². The average Bonchev–Trinajstić information content (AvgIpc) is 3.45. The Morgan fingerprint density at radius 3 is 2.30 bits per heavy atom. The van der Waals surface area contributed by atoms with Gasteiger partial charge in [-0.25, -0.2) is 14.6 Å². The first-order chi connectivity index (χ1) is 20.4. The first kappa shape index (κ1) is 31.3. The van der Waals surface area contributed by atoms with Gasteiger partial charge in [0.25, 0.3) is 0 Å². The Hall–Kier alpha value is -4.65. The first-order valence-electron chi connectivity index (χ1n) is 13.5. The summed E-state index contributed by atoms with van der Waals surface area (Å²) < 4.78 is 21.4.